The molecular formula is C17H19NO2. The van der Waals surface area contributed by atoms with Gasteiger partial charge in [-0.2, -0.15) is 0 Å². The smallest absolute Gasteiger partial charge is 0.257 e. The number of amides is 2. The highest BCUT2D eigenvalue weighted by molar-refractivity contribution is 6.06. The Morgan fingerprint density at radius 3 is 2.50 bits per heavy atom. The molecule has 0 atom stereocenters. The van der Waals surface area contributed by atoms with E-state index in [2.05, 4.69) is 12.2 Å². The van der Waals surface area contributed by atoms with Gasteiger partial charge in [0.2, 0.25) is 5.91 Å². The van der Waals surface area contributed by atoms with Crippen LogP contribution in [0, 0.1) is 0 Å². The van der Waals surface area contributed by atoms with E-state index >= 15 is 0 Å². The van der Waals surface area contributed by atoms with Gasteiger partial charge in [-0.1, -0.05) is 50.1 Å². The normalized spacial score (nSPS) is 10.4. The first-order valence-electron chi connectivity index (χ1n) is 7.03. The fraction of sp³-hybridized carbons (Fsp3) is 0.294. The van der Waals surface area contributed by atoms with Crippen LogP contribution in [0.25, 0.3) is 10.8 Å². The number of carbonyl (C=O) groups is 2. The van der Waals surface area contributed by atoms with Gasteiger partial charge in [-0.05, 0) is 29.3 Å². The quantitative estimate of drug-likeness (QED) is 0.842. The molecule has 0 aliphatic rings. The molecule has 3 heteroatoms. The SMILES string of the molecule is CCCCCC(=O)NC(=O)c1ccc2ccccc2c1. The second-order valence-electron chi connectivity index (χ2n) is 4.90. The molecule has 0 saturated carbocycles. The molecule has 0 fully saturated rings. The predicted molar refractivity (Wildman–Crippen MR) is 80.6 cm³/mol. The summed E-state index contributed by atoms with van der Waals surface area (Å²) in [5.41, 5.74) is 0.521. The molecule has 0 unspecified atom stereocenters. The number of benzene rings is 2. The lowest BCUT2D eigenvalue weighted by molar-refractivity contribution is -0.120. The molecule has 3 nitrogen and oxygen atoms in total. The molecular weight excluding hydrogens is 250 g/mol. The molecule has 20 heavy (non-hydrogen) atoms. The minimum atomic E-state index is -0.322. The van der Waals surface area contributed by atoms with Crippen molar-refractivity contribution in [2.45, 2.75) is 32.6 Å². The maximum Gasteiger partial charge on any atom is 0.257 e. The third-order valence-electron chi connectivity index (χ3n) is 3.27. The molecule has 2 amide bonds. The number of hydrogen-bond acceptors (Lipinski definition) is 2. The maximum absolute atomic E-state index is 12.0. The Balaban J connectivity index is 2.02. The third-order valence-corrected chi connectivity index (χ3v) is 3.27. The van der Waals surface area contributed by atoms with Crippen molar-refractivity contribution in [2.75, 3.05) is 0 Å². The largest absolute Gasteiger partial charge is 0.292 e. The maximum atomic E-state index is 12.0. The monoisotopic (exact) mass is 269 g/mol. The summed E-state index contributed by atoms with van der Waals surface area (Å²) in [6, 6.07) is 13.3. The van der Waals surface area contributed by atoms with E-state index in [4.69, 9.17) is 0 Å². The first kappa shape index (κ1) is 14.3. The molecule has 2 rings (SSSR count). The van der Waals surface area contributed by atoms with Crippen LogP contribution in [-0.4, -0.2) is 11.8 Å². The van der Waals surface area contributed by atoms with Gasteiger partial charge in [-0.3, -0.25) is 14.9 Å². The number of nitrogens with one attached hydrogen (secondary N) is 1. The van der Waals surface area contributed by atoms with Crippen molar-refractivity contribution in [3.05, 3.63) is 48.0 Å². The van der Waals surface area contributed by atoms with Crippen molar-refractivity contribution in [3.8, 4) is 0 Å². The van der Waals surface area contributed by atoms with Crippen molar-refractivity contribution < 1.29 is 9.59 Å². The van der Waals surface area contributed by atoms with Crippen LogP contribution >= 0.6 is 0 Å². The Bertz CT molecular complexity index is 619. The van der Waals surface area contributed by atoms with E-state index in [1.807, 2.05) is 36.4 Å². The van der Waals surface area contributed by atoms with Crippen LogP contribution in [0.3, 0.4) is 0 Å². The molecule has 104 valence electrons. The Labute approximate surface area is 119 Å². The lowest BCUT2D eigenvalue weighted by Crippen LogP contribution is -2.30. The van der Waals surface area contributed by atoms with Crippen LogP contribution in [0.1, 0.15) is 43.0 Å². The molecule has 0 heterocycles. The van der Waals surface area contributed by atoms with Gasteiger partial charge < -0.3 is 0 Å². The van der Waals surface area contributed by atoms with Crippen molar-refractivity contribution in [3.63, 3.8) is 0 Å². The van der Waals surface area contributed by atoms with Crippen molar-refractivity contribution in [1.29, 1.82) is 0 Å². The Kier molecular flexibility index (Phi) is 4.88. The lowest BCUT2D eigenvalue weighted by Gasteiger charge is -2.05. The lowest BCUT2D eigenvalue weighted by atomic mass is 10.1. The predicted octanol–water partition coefficient (Wildman–Crippen LogP) is 3.68. The van der Waals surface area contributed by atoms with E-state index in [1.54, 1.807) is 6.07 Å². The fourth-order valence-corrected chi connectivity index (χ4v) is 2.13. The summed E-state index contributed by atoms with van der Waals surface area (Å²) in [7, 11) is 0. The molecule has 2 aromatic carbocycles. The van der Waals surface area contributed by atoms with Crippen LogP contribution in [0.15, 0.2) is 42.5 Å². The summed E-state index contributed by atoms with van der Waals surface area (Å²) in [6.45, 7) is 2.08. The van der Waals surface area contributed by atoms with Gasteiger partial charge in [-0.25, -0.2) is 0 Å². The van der Waals surface area contributed by atoms with E-state index in [-0.39, 0.29) is 11.8 Å². The third kappa shape index (κ3) is 3.67. The molecule has 0 spiro atoms. The summed E-state index contributed by atoms with van der Waals surface area (Å²) in [5, 5.41) is 4.52. The van der Waals surface area contributed by atoms with Crippen LogP contribution in [0.4, 0.5) is 0 Å². The van der Waals surface area contributed by atoms with E-state index in [1.165, 1.54) is 0 Å². The van der Waals surface area contributed by atoms with Crippen LogP contribution < -0.4 is 5.32 Å². The molecule has 2 aromatic rings. The standard InChI is InChI=1S/C17H19NO2/c1-2-3-4-9-16(19)18-17(20)15-11-10-13-7-5-6-8-14(13)12-15/h5-8,10-12H,2-4,9H2,1H3,(H,18,19,20). The summed E-state index contributed by atoms with van der Waals surface area (Å²) < 4.78 is 0. The van der Waals surface area contributed by atoms with Gasteiger partial charge in [0, 0.05) is 12.0 Å². The molecule has 0 saturated heterocycles. The molecule has 0 bridgehead atoms. The molecule has 0 aliphatic carbocycles. The number of unbranched alkanes of at least 4 members (excludes halogenated alkanes) is 2. The second kappa shape index (κ2) is 6.85. The molecule has 0 radical (unpaired) electrons. The van der Waals surface area contributed by atoms with Crippen molar-refractivity contribution in [1.82, 2.24) is 5.32 Å². The van der Waals surface area contributed by atoms with Gasteiger partial charge in [0.05, 0.1) is 0 Å². The van der Waals surface area contributed by atoms with Crippen LogP contribution in [0.5, 0.6) is 0 Å². The Morgan fingerprint density at radius 2 is 1.75 bits per heavy atom. The summed E-state index contributed by atoms with van der Waals surface area (Å²) >= 11 is 0. The van der Waals surface area contributed by atoms with E-state index in [9.17, 15) is 9.59 Å². The average molecular weight is 269 g/mol. The Hall–Kier alpha value is -2.16. The summed E-state index contributed by atoms with van der Waals surface area (Å²) in [5.74, 6) is -0.520. The number of imide groups is 1. The van der Waals surface area contributed by atoms with Gasteiger partial charge in [0.1, 0.15) is 0 Å². The topological polar surface area (TPSA) is 46.2 Å². The zero-order valence-corrected chi connectivity index (χ0v) is 11.7. The highest BCUT2D eigenvalue weighted by Gasteiger charge is 2.10. The fourth-order valence-electron chi connectivity index (χ4n) is 2.13. The number of carbonyl (C=O) groups excluding carboxylic acids is 2. The molecule has 0 aromatic heterocycles. The van der Waals surface area contributed by atoms with Gasteiger partial charge in [-0.15, -0.1) is 0 Å². The van der Waals surface area contributed by atoms with Crippen LogP contribution in [0.2, 0.25) is 0 Å². The number of hydrogen-bond donors (Lipinski definition) is 1. The van der Waals surface area contributed by atoms with E-state index < -0.39 is 0 Å². The minimum Gasteiger partial charge on any atom is -0.292 e. The molecule has 0 aliphatic heterocycles. The highest BCUT2D eigenvalue weighted by Crippen LogP contribution is 2.15. The first-order chi connectivity index (χ1) is 9.70. The van der Waals surface area contributed by atoms with Gasteiger partial charge in [0.25, 0.3) is 5.91 Å². The van der Waals surface area contributed by atoms with E-state index in [0.717, 1.165) is 30.0 Å². The summed E-state index contributed by atoms with van der Waals surface area (Å²) in [4.78, 5) is 23.6. The average Bonchev–Trinajstić information content (AvgIpc) is 2.47. The minimum absolute atomic E-state index is 0.198. The molecule has 1 N–H and O–H groups in total. The zero-order valence-electron chi connectivity index (χ0n) is 11.7. The number of rotatable bonds is 5. The van der Waals surface area contributed by atoms with Crippen molar-refractivity contribution >= 4 is 22.6 Å². The Morgan fingerprint density at radius 1 is 1.00 bits per heavy atom. The van der Waals surface area contributed by atoms with Gasteiger partial charge in [0.15, 0.2) is 0 Å². The van der Waals surface area contributed by atoms with Crippen LogP contribution in [-0.2, 0) is 4.79 Å². The van der Waals surface area contributed by atoms with Gasteiger partial charge >= 0.3 is 0 Å². The zero-order chi connectivity index (χ0) is 14.4. The highest BCUT2D eigenvalue weighted by atomic mass is 16.2. The number of fused-ring (bicyclic) bond motifs is 1. The van der Waals surface area contributed by atoms with E-state index in [0.29, 0.717) is 12.0 Å². The van der Waals surface area contributed by atoms with Crippen molar-refractivity contribution in [2.24, 2.45) is 0 Å². The first-order valence-corrected chi connectivity index (χ1v) is 7.03. The summed E-state index contributed by atoms with van der Waals surface area (Å²) in [6.07, 6.45) is 3.31. The second-order valence-corrected chi connectivity index (χ2v) is 4.90.